The van der Waals surface area contributed by atoms with E-state index in [1.807, 2.05) is 0 Å². The van der Waals surface area contributed by atoms with Crippen LogP contribution < -0.4 is 16.0 Å². The zero-order chi connectivity index (χ0) is 19.3. The number of hydrogen-bond acceptors (Lipinski definition) is 4. The van der Waals surface area contributed by atoms with Crippen molar-refractivity contribution in [3.05, 3.63) is 63.8 Å². The van der Waals surface area contributed by atoms with Crippen LogP contribution in [0.15, 0.2) is 41.3 Å². The second-order valence-electron chi connectivity index (χ2n) is 6.73. The molecule has 138 valence electrons. The lowest BCUT2D eigenvalue weighted by Gasteiger charge is -2.16. The predicted molar refractivity (Wildman–Crippen MR) is 98.8 cm³/mol. The van der Waals surface area contributed by atoms with Crippen LogP contribution >= 0.6 is 0 Å². The summed E-state index contributed by atoms with van der Waals surface area (Å²) in [5.74, 6) is -0.728. The van der Waals surface area contributed by atoms with Gasteiger partial charge in [-0.05, 0) is 60.6 Å². The second kappa shape index (κ2) is 6.12. The highest BCUT2D eigenvalue weighted by Gasteiger charge is 2.30. The Hall–Kier alpha value is -3.35. The van der Waals surface area contributed by atoms with Crippen molar-refractivity contribution in [2.45, 2.75) is 25.7 Å². The minimum atomic E-state index is -1.58. The summed E-state index contributed by atoms with van der Waals surface area (Å²) >= 11 is 0. The van der Waals surface area contributed by atoms with Gasteiger partial charge in [0, 0.05) is 17.4 Å². The van der Waals surface area contributed by atoms with Gasteiger partial charge in [0.05, 0.1) is 5.52 Å². The third-order valence-corrected chi connectivity index (χ3v) is 4.83. The van der Waals surface area contributed by atoms with Crippen LogP contribution in [0.25, 0.3) is 16.6 Å². The topological polar surface area (TPSA) is 94.0 Å². The van der Waals surface area contributed by atoms with Gasteiger partial charge in [0.25, 0.3) is 5.56 Å². The lowest BCUT2D eigenvalue weighted by Crippen LogP contribution is -2.21. The maximum absolute atomic E-state index is 15.0. The van der Waals surface area contributed by atoms with Crippen LogP contribution in [-0.2, 0) is 0 Å². The van der Waals surface area contributed by atoms with Crippen molar-refractivity contribution >= 4 is 17.4 Å². The summed E-state index contributed by atoms with van der Waals surface area (Å²) in [6.45, 7) is 1.75. The van der Waals surface area contributed by atoms with E-state index in [4.69, 9.17) is 10.8 Å². The molecule has 6 nitrogen and oxygen atoms in total. The summed E-state index contributed by atoms with van der Waals surface area (Å²) in [5, 5.41) is 8.88. The molecule has 4 rings (SSSR count). The smallest absolute Gasteiger partial charge is 0.449 e. The summed E-state index contributed by atoms with van der Waals surface area (Å²) in [6, 6.07) is 8.37. The molecule has 0 amide bonds. The number of aryl methyl sites for hydroxylation is 1. The van der Waals surface area contributed by atoms with Crippen LogP contribution in [0.4, 0.5) is 14.9 Å². The van der Waals surface area contributed by atoms with Crippen molar-refractivity contribution in [1.82, 2.24) is 4.40 Å². The first-order chi connectivity index (χ1) is 12.9. The van der Waals surface area contributed by atoms with Crippen molar-refractivity contribution in [2.75, 3.05) is 5.73 Å². The lowest BCUT2D eigenvalue weighted by atomic mass is 9.96. The number of nitrogens with two attached hydrogens (primary N) is 1. The molecule has 2 aromatic heterocycles. The average Bonchev–Trinajstić information content (AvgIpc) is 3.42. The number of ether oxygens (including phenoxy) is 1. The number of nitrogens with zero attached hydrogens (tertiary/aromatic N) is 1. The molecule has 1 aliphatic rings. The molecule has 3 aromatic rings. The van der Waals surface area contributed by atoms with Crippen LogP contribution in [0, 0.1) is 12.7 Å². The van der Waals surface area contributed by atoms with Gasteiger partial charge >= 0.3 is 6.16 Å². The average molecular weight is 368 g/mol. The van der Waals surface area contributed by atoms with E-state index < -0.39 is 17.5 Å². The van der Waals surface area contributed by atoms with Crippen molar-refractivity contribution in [1.29, 1.82) is 0 Å². The summed E-state index contributed by atoms with van der Waals surface area (Å²) in [7, 11) is 0. The van der Waals surface area contributed by atoms with Crippen molar-refractivity contribution < 1.29 is 19.0 Å². The quantitative estimate of drug-likeness (QED) is 0.540. The van der Waals surface area contributed by atoms with Crippen molar-refractivity contribution in [3.63, 3.8) is 0 Å². The molecule has 0 saturated heterocycles. The lowest BCUT2D eigenvalue weighted by molar-refractivity contribution is 0.143. The molecule has 0 radical (unpaired) electrons. The number of rotatable bonds is 3. The van der Waals surface area contributed by atoms with E-state index in [2.05, 4.69) is 4.74 Å². The Morgan fingerprint density at radius 3 is 2.70 bits per heavy atom. The molecular formula is C20H17FN2O4. The molecule has 3 N–H and O–H groups in total. The van der Waals surface area contributed by atoms with Gasteiger partial charge in [0.15, 0.2) is 5.75 Å². The van der Waals surface area contributed by atoms with E-state index in [-0.39, 0.29) is 11.7 Å². The van der Waals surface area contributed by atoms with Gasteiger partial charge in [-0.15, -0.1) is 0 Å². The molecule has 1 aromatic carbocycles. The Labute approximate surface area is 153 Å². The van der Waals surface area contributed by atoms with E-state index >= 15 is 0 Å². The predicted octanol–water partition coefficient (Wildman–Crippen LogP) is 3.93. The maximum Gasteiger partial charge on any atom is 0.511 e. The number of hydrogen-bond donors (Lipinski definition) is 2. The molecule has 1 saturated carbocycles. The number of carboxylic acid groups (broad SMARTS) is 1. The molecule has 0 aliphatic heterocycles. The highest BCUT2D eigenvalue weighted by molar-refractivity contribution is 5.79. The van der Waals surface area contributed by atoms with Gasteiger partial charge in [0.1, 0.15) is 5.82 Å². The summed E-state index contributed by atoms with van der Waals surface area (Å²) < 4.78 is 20.7. The van der Waals surface area contributed by atoms with Crippen LogP contribution in [0.5, 0.6) is 5.75 Å². The van der Waals surface area contributed by atoms with Gasteiger partial charge in [-0.2, -0.15) is 0 Å². The second-order valence-corrected chi connectivity index (χ2v) is 6.73. The van der Waals surface area contributed by atoms with Crippen molar-refractivity contribution in [3.8, 4) is 16.9 Å². The van der Waals surface area contributed by atoms with E-state index in [1.54, 1.807) is 31.2 Å². The number of halogens is 1. The van der Waals surface area contributed by atoms with E-state index in [9.17, 15) is 14.0 Å². The minimum absolute atomic E-state index is 0.189. The van der Waals surface area contributed by atoms with E-state index in [0.29, 0.717) is 27.9 Å². The fourth-order valence-corrected chi connectivity index (χ4v) is 3.55. The number of nitrogen functional groups attached to an aromatic ring is 1. The summed E-state index contributed by atoms with van der Waals surface area (Å²) in [6.07, 6.45) is 1.35. The molecule has 1 aliphatic carbocycles. The SMILES string of the molecule is Cc1c(-c2cccc(N)c2)c(F)cn2c(=O)c(OC(=O)O)cc(C3CC3)c12. The Morgan fingerprint density at radius 2 is 2.07 bits per heavy atom. The molecule has 0 spiro atoms. The Bertz CT molecular complexity index is 1150. The molecular weight excluding hydrogens is 351 g/mol. The number of benzene rings is 1. The number of fused-ring (bicyclic) bond motifs is 1. The Morgan fingerprint density at radius 1 is 1.33 bits per heavy atom. The first kappa shape index (κ1) is 17.1. The van der Waals surface area contributed by atoms with Gasteiger partial charge in [-0.25, -0.2) is 9.18 Å². The Balaban J connectivity index is 2.07. The minimum Gasteiger partial charge on any atom is -0.449 e. The zero-order valence-electron chi connectivity index (χ0n) is 14.5. The number of aromatic nitrogens is 1. The summed E-state index contributed by atoms with van der Waals surface area (Å²) in [4.78, 5) is 23.6. The van der Waals surface area contributed by atoms with Gasteiger partial charge in [0.2, 0.25) is 0 Å². The number of carbonyl (C=O) groups is 1. The fraction of sp³-hybridized carbons (Fsp3) is 0.200. The number of anilines is 1. The standard InChI is InChI=1S/C20H17FN2O4/c1-10-17(12-3-2-4-13(22)7-12)15(21)9-23-18(10)14(11-5-6-11)8-16(19(23)24)27-20(25)26/h2-4,7-9,11H,5-6,22H2,1H3,(H,25,26). The highest BCUT2D eigenvalue weighted by Crippen LogP contribution is 2.44. The fourth-order valence-electron chi connectivity index (χ4n) is 3.55. The normalized spacial score (nSPS) is 13.7. The summed E-state index contributed by atoms with van der Waals surface area (Å²) in [5.41, 5.74) is 8.59. The van der Waals surface area contributed by atoms with Gasteiger partial charge < -0.3 is 15.6 Å². The maximum atomic E-state index is 15.0. The Kier molecular flexibility index (Phi) is 3.87. The van der Waals surface area contributed by atoms with E-state index in [1.165, 1.54) is 6.07 Å². The van der Waals surface area contributed by atoms with Crippen LogP contribution in [0.1, 0.15) is 29.9 Å². The molecule has 0 atom stereocenters. The third kappa shape index (κ3) is 2.91. The molecule has 2 heterocycles. The van der Waals surface area contributed by atoms with E-state index in [0.717, 1.165) is 29.0 Å². The number of pyridine rings is 2. The molecule has 7 heteroatoms. The monoisotopic (exact) mass is 368 g/mol. The molecule has 0 unspecified atom stereocenters. The highest BCUT2D eigenvalue weighted by atomic mass is 19.1. The van der Waals surface area contributed by atoms with Crippen molar-refractivity contribution in [2.24, 2.45) is 0 Å². The molecule has 1 fully saturated rings. The molecule has 27 heavy (non-hydrogen) atoms. The third-order valence-electron chi connectivity index (χ3n) is 4.83. The largest absolute Gasteiger partial charge is 0.511 e. The first-order valence-corrected chi connectivity index (χ1v) is 8.52. The van der Waals surface area contributed by atoms with Crippen LogP contribution in [-0.4, -0.2) is 15.7 Å². The molecule has 0 bridgehead atoms. The first-order valence-electron chi connectivity index (χ1n) is 8.52. The zero-order valence-corrected chi connectivity index (χ0v) is 14.5. The van der Waals surface area contributed by atoms with Crippen LogP contribution in [0.2, 0.25) is 0 Å². The van der Waals surface area contributed by atoms with Gasteiger partial charge in [-0.3, -0.25) is 9.20 Å². The van der Waals surface area contributed by atoms with Crippen LogP contribution in [0.3, 0.4) is 0 Å². The van der Waals surface area contributed by atoms with Gasteiger partial charge in [-0.1, -0.05) is 12.1 Å².